The fourth-order valence-electron chi connectivity index (χ4n) is 3.66. The van der Waals surface area contributed by atoms with Gasteiger partial charge in [0, 0.05) is 31.1 Å². The first-order valence-electron chi connectivity index (χ1n) is 9.59. The molecule has 2 aromatic heterocycles. The number of halogens is 1. The Kier molecular flexibility index (Phi) is 5.74. The molecule has 0 bridgehead atoms. The fourth-order valence-corrected chi connectivity index (χ4v) is 5.52. The van der Waals surface area contributed by atoms with Gasteiger partial charge in [-0.15, -0.1) is 11.3 Å². The molecule has 0 radical (unpaired) electrons. The van der Waals surface area contributed by atoms with E-state index in [4.69, 9.17) is 0 Å². The number of carbonyl (C=O) groups is 1. The number of thiophene rings is 1. The van der Waals surface area contributed by atoms with Crippen LogP contribution in [-0.4, -0.2) is 39.2 Å². The summed E-state index contributed by atoms with van der Waals surface area (Å²) in [7, 11) is 1.68. The molecule has 0 aliphatic carbocycles. The van der Waals surface area contributed by atoms with Crippen LogP contribution in [0, 0.1) is 11.7 Å². The van der Waals surface area contributed by atoms with Crippen LogP contribution in [-0.2, 0) is 11.8 Å². The first-order valence-corrected chi connectivity index (χ1v) is 11.5. The molecule has 0 saturated carbocycles. The summed E-state index contributed by atoms with van der Waals surface area (Å²) in [4.78, 5) is 32.7. The summed E-state index contributed by atoms with van der Waals surface area (Å²) < 4.78 is 14.7. The van der Waals surface area contributed by atoms with Gasteiger partial charge in [-0.1, -0.05) is 30.8 Å². The topological polar surface area (TPSA) is 55.2 Å². The summed E-state index contributed by atoms with van der Waals surface area (Å²) in [6.45, 7) is 3.78. The minimum absolute atomic E-state index is 0.0917. The summed E-state index contributed by atoms with van der Waals surface area (Å²) in [5.74, 6) is 0.585. The highest BCUT2D eigenvalue weighted by molar-refractivity contribution is 7.99. The van der Waals surface area contributed by atoms with Gasteiger partial charge in [-0.05, 0) is 36.5 Å². The number of thioether (sulfide) groups is 1. The second-order valence-corrected chi connectivity index (χ2v) is 9.27. The molecule has 152 valence electrons. The Hall–Kier alpha value is -2.19. The second-order valence-electron chi connectivity index (χ2n) is 7.47. The summed E-state index contributed by atoms with van der Waals surface area (Å²) in [5.41, 5.74) is 1.39. The monoisotopic (exact) mass is 431 g/mol. The van der Waals surface area contributed by atoms with Crippen LogP contribution in [0.2, 0.25) is 0 Å². The van der Waals surface area contributed by atoms with Gasteiger partial charge in [-0.2, -0.15) is 0 Å². The Bertz CT molecular complexity index is 1110. The van der Waals surface area contributed by atoms with Crippen molar-refractivity contribution in [2.24, 2.45) is 13.0 Å². The predicted octanol–water partition coefficient (Wildman–Crippen LogP) is 4.15. The maximum atomic E-state index is 13.2. The highest BCUT2D eigenvalue weighted by Crippen LogP contribution is 2.32. The van der Waals surface area contributed by atoms with E-state index >= 15 is 0 Å². The van der Waals surface area contributed by atoms with Gasteiger partial charge in [-0.3, -0.25) is 14.2 Å². The van der Waals surface area contributed by atoms with Crippen molar-refractivity contribution in [3.8, 4) is 11.1 Å². The van der Waals surface area contributed by atoms with E-state index in [2.05, 4.69) is 11.9 Å². The highest BCUT2D eigenvalue weighted by atomic mass is 32.2. The quantitative estimate of drug-likeness (QED) is 0.460. The minimum atomic E-state index is -0.314. The molecule has 1 saturated heterocycles. The van der Waals surface area contributed by atoms with Crippen LogP contribution >= 0.6 is 23.1 Å². The van der Waals surface area contributed by atoms with Crippen molar-refractivity contribution in [3.05, 3.63) is 45.8 Å². The molecule has 1 atom stereocenters. The normalized spacial score (nSPS) is 17.1. The summed E-state index contributed by atoms with van der Waals surface area (Å²) in [6.07, 6.45) is 2.21. The lowest BCUT2D eigenvalue weighted by Crippen LogP contribution is -2.40. The number of piperidine rings is 1. The third-order valence-corrected chi connectivity index (χ3v) is 7.15. The molecular weight excluding hydrogens is 409 g/mol. The third-order valence-electron chi connectivity index (χ3n) is 5.26. The summed E-state index contributed by atoms with van der Waals surface area (Å²) in [5, 5.41) is 2.94. The van der Waals surface area contributed by atoms with Crippen molar-refractivity contribution in [1.82, 2.24) is 14.5 Å². The molecule has 1 aromatic carbocycles. The van der Waals surface area contributed by atoms with Gasteiger partial charge in [0.1, 0.15) is 10.6 Å². The lowest BCUT2D eigenvalue weighted by atomic mass is 10.0. The van der Waals surface area contributed by atoms with Crippen molar-refractivity contribution in [1.29, 1.82) is 0 Å². The average molecular weight is 432 g/mol. The highest BCUT2D eigenvalue weighted by Gasteiger charge is 2.22. The van der Waals surface area contributed by atoms with Crippen LogP contribution in [0.1, 0.15) is 19.8 Å². The minimum Gasteiger partial charge on any atom is -0.342 e. The largest absolute Gasteiger partial charge is 0.342 e. The number of carbonyl (C=O) groups excluding carboxylic acids is 1. The van der Waals surface area contributed by atoms with E-state index in [0.717, 1.165) is 30.6 Å². The van der Waals surface area contributed by atoms with Gasteiger partial charge in [0.05, 0.1) is 11.1 Å². The van der Waals surface area contributed by atoms with Gasteiger partial charge in [0.15, 0.2) is 5.16 Å². The number of amides is 1. The molecule has 0 spiro atoms. The summed E-state index contributed by atoms with van der Waals surface area (Å²) in [6, 6.07) is 6.09. The smallest absolute Gasteiger partial charge is 0.263 e. The zero-order valence-electron chi connectivity index (χ0n) is 16.4. The van der Waals surface area contributed by atoms with E-state index in [1.54, 1.807) is 19.2 Å². The number of aromatic nitrogens is 2. The van der Waals surface area contributed by atoms with E-state index in [1.807, 2.05) is 10.3 Å². The molecule has 3 heterocycles. The van der Waals surface area contributed by atoms with Crippen molar-refractivity contribution < 1.29 is 9.18 Å². The van der Waals surface area contributed by atoms with Crippen LogP contribution in [0.15, 0.2) is 39.6 Å². The number of rotatable bonds is 4. The number of nitrogens with zero attached hydrogens (tertiary/aromatic N) is 3. The third kappa shape index (κ3) is 4.09. The van der Waals surface area contributed by atoms with Crippen molar-refractivity contribution in [3.63, 3.8) is 0 Å². The lowest BCUT2D eigenvalue weighted by Gasteiger charge is -2.30. The number of hydrogen-bond acceptors (Lipinski definition) is 5. The molecule has 8 heteroatoms. The molecule has 5 nitrogen and oxygen atoms in total. The number of fused-ring (bicyclic) bond motifs is 1. The maximum absolute atomic E-state index is 13.2. The molecule has 4 rings (SSSR count). The van der Waals surface area contributed by atoms with Crippen molar-refractivity contribution in [2.45, 2.75) is 24.9 Å². The number of hydrogen-bond donors (Lipinski definition) is 0. The Morgan fingerprint density at radius 1 is 1.34 bits per heavy atom. The molecule has 1 fully saturated rings. The second kappa shape index (κ2) is 8.28. The zero-order valence-corrected chi connectivity index (χ0v) is 18.0. The molecule has 29 heavy (non-hydrogen) atoms. The lowest BCUT2D eigenvalue weighted by molar-refractivity contribution is -0.130. The Balaban J connectivity index is 1.58. The molecule has 1 unspecified atom stereocenters. The van der Waals surface area contributed by atoms with E-state index < -0.39 is 0 Å². The van der Waals surface area contributed by atoms with Crippen molar-refractivity contribution in [2.75, 3.05) is 18.8 Å². The van der Waals surface area contributed by atoms with Crippen LogP contribution in [0.25, 0.3) is 21.3 Å². The van der Waals surface area contributed by atoms with Gasteiger partial charge >= 0.3 is 0 Å². The average Bonchev–Trinajstić information content (AvgIpc) is 3.14. The van der Waals surface area contributed by atoms with Crippen LogP contribution in [0.5, 0.6) is 0 Å². The van der Waals surface area contributed by atoms with E-state index in [-0.39, 0.29) is 23.0 Å². The van der Waals surface area contributed by atoms with Crippen molar-refractivity contribution >= 4 is 39.2 Å². The number of benzene rings is 1. The first-order chi connectivity index (χ1) is 13.9. The van der Waals surface area contributed by atoms with E-state index in [1.165, 1.54) is 46.2 Å². The van der Waals surface area contributed by atoms with Gasteiger partial charge in [-0.25, -0.2) is 9.37 Å². The van der Waals surface area contributed by atoms with E-state index in [0.29, 0.717) is 21.3 Å². The molecule has 1 aliphatic heterocycles. The van der Waals surface area contributed by atoms with E-state index in [9.17, 15) is 14.0 Å². The van der Waals surface area contributed by atoms with Crippen LogP contribution < -0.4 is 5.56 Å². The molecule has 3 aromatic rings. The Labute approximate surface area is 176 Å². The standard InChI is InChI=1S/C21H22FN3O2S2/c1-13-4-3-9-25(10-13)17(26)12-29-21-23-19-18(20(27)24(21)2)16(11-28-19)14-5-7-15(22)8-6-14/h5-8,11,13H,3-4,9-10,12H2,1-2H3. The van der Waals surface area contributed by atoms with Crippen LogP contribution in [0.4, 0.5) is 4.39 Å². The summed E-state index contributed by atoms with van der Waals surface area (Å²) >= 11 is 2.69. The Morgan fingerprint density at radius 3 is 2.83 bits per heavy atom. The molecule has 1 aliphatic rings. The number of likely N-dealkylation sites (tertiary alicyclic amines) is 1. The Morgan fingerprint density at radius 2 is 2.10 bits per heavy atom. The van der Waals surface area contributed by atoms with Gasteiger partial charge in [0.2, 0.25) is 5.91 Å². The van der Waals surface area contributed by atoms with Gasteiger partial charge in [0.25, 0.3) is 5.56 Å². The molecule has 1 amide bonds. The SMILES string of the molecule is CC1CCCN(C(=O)CSc2nc3scc(-c4ccc(F)cc4)c3c(=O)n2C)C1. The molecule has 0 N–H and O–H groups in total. The fraction of sp³-hybridized carbons (Fsp3) is 0.381. The molecular formula is C21H22FN3O2S2. The first kappa shape index (κ1) is 20.1. The van der Waals surface area contributed by atoms with Crippen LogP contribution in [0.3, 0.4) is 0 Å². The zero-order chi connectivity index (χ0) is 20.5. The predicted molar refractivity (Wildman–Crippen MR) is 116 cm³/mol. The maximum Gasteiger partial charge on any atom is 0.263 e. The van der Waals surface area contributed by atoms with Gasteiger partial charge < -0.3 is 4.90 Å².